The molecule has 1 aromatic rings. The summed E-state index contributed by atoms with van der Waals surface area (Å²) in [6.45, 7) is 7.51. The second-order valence-electron chi connectivity index (χ2n) is 3.37. The minimum atomic E-state index is 0.0417. The molecule has 1 heterocycles. The van der Waals surface area contributed by atoms with Crippen molar-refractivity contribution in [2.24, 2.45) is 5.92 Å². The Bertz CT molecular complexity index is 275. The summed E-state index contributed by atoms with van der Waals surface area (Å²) in [7, 11) is 0. The zero-order valence-corrected chi connectivity index (χ0v) is 7.97. The summed E-state index contributed by atoms with van der Waals surface area (Å²) in [5.74, 6) is 0.935. The maximum absolute atomic E-state index is 11.6. The second kappa shape index (κ2) is 3.13. The van der Waals surface area contributed by atoms with Crippen LogP contribution in [0.2, 0.25) is 0 Å². The summed E-state index contributed by atoms with van der Waals surface area (Å²) in [5.41, 5.74) is 1.69. The van der Waals surface area contributed by atoms with Gasteiger partial charge >= 0.3 is 0 Å². The van der Waals surface area contributed by atoms with E-state index in [0.717, 1.165) is 16.9 Å². The van der Waals surface area contributed by atoms with Crippen LogP contribution in [0.15, 0.2) is 10.7 Å². The molecular weight excluding hydrogens is 152 g/mol. The third kappa shape index (κ3) is 1.42. The van der Waals surface area contributed by atoms with E-state index in [-0.39, 0.29) is 11.7 Å². The number of Topliss-reactive ketones (excluding diaryl/α,β-unsaturated/α-hetero) is 1. The van der Waals surface area contributed by atoms with Gasteiger partial charge in [-0.1, -0.05) is 13.8 Å². The van der Waals surface area contributed by atoms with Gasteiger partial charge in [-0.05, 0) is 19.4 Å². The van der Waals surface area contributed by atoms with Crippen LogP contribution in [0.4, 0.5) is 0 Å². The van der Waals surface area contributed by atoms with Crippen molar-refractivity contribution in [3.63, 3.8) is 0 Å². The lowest BCUT2D eigenvalue weighted by Crippen LogP contribution is -2.08. The van der Waals surface area contributed by atoms with Crippen LogP contribution in [0.25, 0.3) is 0 Å². The third-order valence-electron chi connectivity index (χ3n) is 1.93. The van der Waals surface area contributed by atoms with E-state index in [1.54, 1.807) is 6.26 Å². The lowest BCUT2D eigenvalue weighted by atomic mass is 9.99. The van der Waals surface area contributed by atoms with Gasteiger partial charge in [0, 0.05) is 5.92 Å². The van der Waals surface area contributed by atoms with Crippen LogP contribution < -0.4 is 0 Å². The molecule has 0 amide bonds. The van der Waals surface area contributed by atoms with E-state index in [9.17, 15) is 4.79 Å². The molecule has 0 spiro atoms. The largest absolute Gasteiger partial charge is 0.469 e. The van der Waals surface area contributed by atoms with Gasteiger partial charge in [0.15, 0.2) is 5.78 Å². The van der Waals surface area contributed by atoms with E-state index < -0.39 is 0 Å². The molecular formula is C10H14O2. The average Bonchev–Trinajstić information content (AvgIpc) is 2.30. The van der Waals surface area contributed by atoms with Gasteiger partial charge in [-0.25, -0.2) is 0 Å². The number of carbonyl (C=O) groups excluding carboxylic acids is 1. The van der Waals surface area contributed by atoms with Gasteiger partial charge in [0.2, 0.25) is 0 Å². The number of ketones is 1. The van der Waals surface area contributed by atoms with Crippen molar-refractivity contribution in [3.05, 3.63) is 23.2 Å². The number of hydrogen-bond acceptors (Lipinski definition) is 2. The fourth-order valence-electron chi connectivity index (χ4n) is 1.23. The Morgan fingerprint density at radius 3 is 2.33 bits per heavy atom. The van der Waals surface area contributed by atoms with E-state index in [1.807, 2.05) is 27.7 Å². The van der Waals surface area contributed by atoms with Gasteiger partial charge < -0.3 is 4.42 Å². The number of hydrogen-bond donors (Lipinski definition) is 0. The lowest BCUT2D eigenvalue weighted by molar-refractivity contribution is 0.0937. The van der Waals surface area contributed by atoms with Crippen LogP contribution in [-0.2, 0) is 0 Å². The van der Waals surface area contributed by atoms with E-state index in [2.05, 4.69) is 0 Å². The van der Waals surface area contributed by atoms with Crippen LogP contribution in [0.5, 0.6) is 0 Å². The number of carbonyl (C=O) groups is 1. The van der Waals surface area contributed by atoms with Crippen molar-refractivity contribution in [2.75, 3.05) is 0 Å². The van der Waals surface area contributed by atoms with Crippen molar-refractivity contribution >= 4 is 5.78 Å². The second-order valence-corrected chi connectivity index (χ2v) is 3.37. The molecule has 1 rings (SSSR count). The van der Waals surface area contributed by atoms with Crippen LogP contribution in [0.3, 0.4) is 0 Å². The molecule has 0 saturated heterocycles. The van der Waals surface area contributed by atoms with Crippen molar-refractivity contribution in [1.82, 2.24) is 0 Å². The summed E-state index contributed by atoms with van der Waals surface area (Å²) in [5, 5.41) is 0. The minimum Gasteiger partial charge on any atom is -0.469 e. The van der Waals surface area contributed by atoms with Crippen molar-refractivity contribution in [3.8, 4) is 0 Å². The van der Waals surface area contributed by atoms with Crippen molar-refractivity contribution in [2.45, 2.75) is 27.7 Å². The average molecular weight is 166 g/mol. The van der Waals surface area contributed by atoms with Crippen molar-refractivity contribution < 1.29 is 9.21 Å². The Hall–Kier alpha value is -1.05. The molecule has 12 heavy (non-hydrogen) atoms. The van der Waals surface area contributed by atoms with Gasteiger partial charge in [-0.3, -0.25) is 4.79 Å². The minimum absolute atomic E-state index is 0.0417. The quantitative estimate of drug-likeness (QED) is 0.632. The van der Waals surface area contributed by atoms with Gasteiger partial charge in [-0.2, -0.15) is 0 Å². The molecule has 0 radical (unpaired) electrons. The predicted molar refractivity (Wildman–Crippen MR) is 47.4 cm³/mol. The normalized spacial score (nSPS) is 10.8. The molecule has 2 heteroatoms. The first-order valence-corrected chi connectivity index (χ1v) is 4.13. The van der Waals surface area contributed by atoms with E-state index in [1.165, 1.54) is 0 Å². The van der Waals surface area contributed by atoms with Crippen LogP contribution in [0, 0.1) is 19.8 Å². The monoisotopic (exact) mass is 166 g/mol. The highest BCUT2D eigenvalue weighted by Crippen LogP contribution is 2.19. The van der Waals surface area contributed by atoms with Gasteiger partial charge in [0.1, 0.15) is 5.76 Å². The SMILES string of the molecule is Cc1coc(C)c1C(=O)C(C)C. The molecule has 2 nitrogen and oxygen atoms in total. The molecule has 66 valence electrons. The highest BCUT2D eigenvalue weighted by Gasteiger charge is 2.17. The molecule has 0 N–H and O–H groups in total. The summed E-state index contributed by atoms with van der Waals surface area (Å²) in [4.78, 5) is 11.6. The Morgan fingerprint density at radius 2 is 2.00 bits per heavy atom. The smallest absolute Gasteiger partial charge is 0.169 e. The Morgan fingerprint density at radius 1 is 1.42 bits per heavy atom. The molecule has 0 aliphatic rings. The Kier molecular flexibility index (Phi) is 2.36. The first kappa shape index (κ1) is 9.04. The van der Waals surface area contributed by atoms with E-state index in [0.29, 0.717) is 0 Å². The fourth-order valence-corrected chi connectivity index (χ4v) is 1.23. The summed E-state index contributed by atoms with van der Waals surface area (Å²) >= 11 is 0. The molecule has 0 fully saturated rings. The number of rotatable bonds is 2. The van der Waals surface area contributed by atoms with Crippen LogP contribution in [-0.4, -0.2) is 5.78 Å². The molecule has 0 bridgehead atoms. The maximum Gasteiger partial charge on any atom is 0.169 e. The van der Waals surface area contributed by atoms with Crippen LogP contribution in [0.1, 0.15) is 35.5 Å². The highest BCUT2D eigenvalue weighted by molar-refractivity contribution is 5.99. The molecule has 0 aliphatic heterocycles. The standard InChI is InChI=1S/C10H14O2/c1-6(2)10(11)9-7(3)5-12-8(9)4/h5-6H,1-4H3. The zero-order chi connectivity index (χ0) is 9.30. The predicted octanol–water partition coefficient (Wildman–Crippen LogP) is 2.74. The number of aryl methyl sites for hydroxylation is 2. The number of furan rings is 1. The van der Waals surface area contributed by atoms with Crippen molar-refractivity contribution in [1.29, 1.82) is 0 Å². The van der Waals surface area contributed by atoms with E-state index >= 15 is 0 Å². The van der Waals surface area contributed by atoms with Gasteiger partial charge in [0.05, 0.1) is 11.8 Å². The fraction of sp³-hybridized carbons (Fsp3) is 0.500. The topological polar surface area (TPSA) is 30.2 Å². The Labute approximate surface area is 72.6 Å². The summed E-state index contributed by atoms with van der Waals surface area (Å²) in [6.07, 6.45) is 1.63. The molecule has 0 aromatic carbocycles. The first-order valence-electron chi connectivity index (χ1n) is 4.13. The van der Waals surface area contributed by atoms with Gasteiger partial charge in [-0.15, -0.1) is 0 Å². The first-order chi connectivity index (χ1) is 5.54. The molecule has 0 saturated carbocycles. The molecule has 0 atom stereocenters. The van der Waals surface area contributed by atoms with E-state index in [4.69, 9.17) is 4.42 Å². The van der Waals surface area contributed by atoms with Gasteiger partial charge in [0.25, 0.3) is 0 Å². The maximum atomic E-state index is 11.6. The summed E-state index contributed by atoms with van der Waals surface area (Å²) < 4.78 is 5.15. The summed E-state index contributed by atoms with van der Waals surface area (Å²) in [6, 6.07) is 0. The zero-order valence-electron chi connectivity index (χ0n) is 7.97. The van der Waals surface area contributed by atoms with Crippen LogP contribution >= 0.6 is 0 Å². The molecule has 1 aromatic heterocycles. The molecule has 0 aliphatic carbocycles. The third-order valence-corrected chi connectivity index (χ3v) is 1.93. The highest BCUT2D eigenvalue weighted by atomic mass is 16.3. The lowest BCUT2D eigenvalue weighted by Gasteiger charge is -2.02. The Balaban J connectivity index is 3.09. The molecule has 0 unspecified atom stereocenters.